The molecule has 0 aliphatic carbocycles. The van der Waals surface area contributed by atoms with Crippen molar-refractivity contribution in [3.63, 3.8) is 0 Å². The topological polar surface area (TPSA) is 77.5 Å². The van der Waals surface area contributed by atoms with Gasteiger partial charge in [-0.3, -0.25) is 9.05 Å². The molecule has 0 aliphatic rings. The van der Waals surface area contributed by atoms with Crippen molar-refractivity contribution in [1.82, 2.24) is 4.90 Å². The van der Waals surface area contributed by atoms with Gasteiger partial charge in [0, 0.05) is 20.3 Å². The van der Waals surface area contributed by atoms with E-state index >= 15 is 0 Å². The van der Waals surface area contributed by atoms with Crippen LogP contribution < -0.4 is 0 Å². The van der Waals surface area contributed by atoms with Crippen LogP contribution in [-0.4, -0.2) is 70.1 Å². The summed E-state index contributed by atoms with van der Waals surface area (Å²) in [5.41, 5.74) is 0. The van der Waals surface area contributed by atoms with Crippen LogP contribution in [0.25, 0.3) is 0 Å². The van der Waals surface area contributed by atoms with Gasteiger partial charge in [0.15, 0.2) is 0 Å². The van der Waals surface area contributed by atoms with Gasteiger partial charge >= 0.3 is 7.82 Å². The number of unbranched alkanes of at least 4 members (excludes halogenated alkanes) is 13. The molecule has 0 bridgehead atoms. The second kappa shape index (κ2) is 22.8. The second-order valence-corrected chi connectivity index (χ2v) is 10.4. The lowest BCUT2D eigenvalue weighted by Crippen LogP contribution is -2.24. The highest BCUT2D eigenvalue weighted by Crippen LogP contribution is 2.43. The third-order valence-corrected chi connectivity index (χ3v) is 6.48. The number of likely N-dealkylation sites (N-methyl/N-ethyl adjacent to an activating group) is 1. The van der Waals surface area contributed by atoms with Crippen LogP contribution in [0.3, 0.4) is 0 Å². The van der Waals surface area contributed by atoms with E-state index in [1.165, 1.54) is 83.5 Å². The van der Waals surface area contributed by atoms with E-state index in [2.05, 4.69) is 6.92 Å². The van der Waals surface area contributed by atoms with Gasteiger partial charge in [0.1, 0.15) is 6.10 Å². The van der Waals surface area contributed by atoms with Gasteiger partial charge in [-0.1, -0.05) is 90.4 Å². The zero-order valence-corrected chi connectivity index (χ0v) is 22.3. The van der Waals surface area contributed by atoms with Crippen LogP contribution >= 0.6 is 7.82 Å². The Bertz CT molecular complexity index is 439. The van der Waals surface area contributed by atoms with Crippen molar-refractivity contribution in [2.24, 2.45) is 0 Å². The third kappa shape index (κ3) is 23.2. The van der Waals surface area contributed by atoms with Gasteiger partial charge in [-0.05, 0) is 20.5 Å². The number of phosphoric acid groups is 1. The Morgan fingerprint density at radius 1 is 0.750 bits per heavy atom. The summed E-state index contributed by atoms with van der Waals surface area (Å²) < 4.78 is 32.7. The minimum absolute atomic E-state index is 0.0367. The van der Waals surface area contributed by atoms with Gasteiger partial charge in [0.05, 0.1) is 19.8 Å². The zero-order chi connectivity index (χ0) is 23.9. The summed E-state index contributed by atoms with van der Waals surface area (Å²) in [5, 5.41) is 0. The molecule has 7 nitrogen and oxygen atoms in total. The summed E-state index contributed by atoms with van der Waals surface area (Å²) in [6.07, 6.45) is 18.3. The Morgan fingerprint density at radius 3 is 1.72 bits per heavy atom. The fourth-order valence-electron chi connectivity index (χ4n) is 3.35. The molecule has 0 aromatic rings. The molecule has 0 heterocycles. The molecule has 194 valence electrons. The Labute approximate surface area is 198 Å². The minimum atomic E-state index is -4.05. The van der Waals surface area contributed by atoms with E-state index < -0.39 is 7.82 Å². The largest absolute Gasteiger partial charge is 0.472 e. The van der Waals surface area contributed by atoms with Crippen molar-refractivity contribution >= 4 is 7.82 Å². The van der Waals surface area contributed by atoms with E-state index in [1.54, 1.807) is 7.11 Å². The van der Waals surface area contributed by atoms with Crippen molar-refractivity contribution in [3.05, 3.63) is 0 Å². The molecule has 0 aromatic heterocycles. The van der Waals surface area contributed by atoms with E-state index in [-0.39, 0.29) is 19.3 Å². The molecule has 0 aliphatic heterocycles. The molecular formula is C24H52NO6P. The van der Waals surface area contributed by atoms with Crippen molar-refractivity contribution in [2.75, 3.05) is 54.2 Å². The molecule has 0 aromatic carbocycles. The van der Waals surface area contributed by atoms with Gasteiger partial charge in [-0.2, -0.15) is 0 Å². The molecule has 0 fully saturated rings. The lowest BCUT2D eigenvalue weighted by Gasteiger charge is -2.18. The number of hydrogen-bond donors (Lipinski definition) is 1. The maximum atomic E-state index is 11.8. The van der Waals surface area contributed by atoms with Crippen LogP contribution in [0.15, 0.2) is 0 Å². The van der Waals surface area contributed by atoms with Gasteiger partial charge in [-0.15, -0.1) is 0 Å². The molecule has 0 radical (unpaired) electrons. The molecule has 0 rings (SSSR count). The number of nitrogens with zero attached hydrogens (tertiary/aromatic N) is 1. The number of hydrogen-bond acceptors (Lipinski definition) is 6. The van der Waals surface area contributed by atoms with Gasteiger partial charge < -0.3 is 19.3 Å². The standard InChI is InChI=1S/C24H52NO6P/c1-5-6-7-8-9-10-11-12-13-14-15-16-17-18-20-29-22-24(28-4)23-31-32(26,27)30-21-19-25(2)3/h24H,5-23H2,1-4H3,(H,26,27). The normalized spacial score (nSPS) is 14.7. The minimum Gasteiger partial charge on any atom is -0.379 e. The highest BCUT2D eigenvalue weighted by Gasteiger charge is 2.23. The molecule has 0 saturated carbocycles. The Hall–Kier alpha value is -0.0100. The monoisotopic (exact) mass is 481 g/mol. The highest BCUT2D eigenvalue weighted by atomic mass is 31.2. The molecule has 1 N–H and O–H groups in total. The van der Waals surface area contributed by atoms with E-state index in [1.807, 2.05) is 19.0 Å². The SMILES string of the molecule is CCCCCCCCCCCCCCCCOCC(COP(=O)(O)OCCN(C)C)OC. The van der Waals surface area contributed by atoms with Crippen LogP contribution in [0.2, 0.25) is 0 Å². The van der Waals surface area contributed by atoms with Gasteiger partial charge in [0.2, 0.25) is 0 Å². The second-order valence-electron chi connectivity index (χ2n) is 8.93. The van der Waals surface area contributed by atoms with E-state index in [4.69, 9.17) is 18.5 Å². The quantitative estimate of drug-likeness (QED) is 0.123. The summed E-state index contributed by atoms with van der Waals surface area (Å²) in [6, 6.07) is 0. The van der Waals surface area contributed by atoms with E-state index in [0.717, 1.165) is 6.42 Å². The number of phosphoric ester groups is 1. The molecule has 0 amide bonds. The summed E-state index contributed by atoms with van der Waals surface area (Å²) in [4.78, 5) is 11.5. The fourth-order valence-corrected chi connectivity index (χ4v) is 4.09. The molecular weight excluding hydrogens is 429 g/mol. The van der Waals surface area contributed by atoms with E-state index in [0.29, 0.717) is 19.8 Å². The summed E-state index contributed by atoms with van der Waals surface area (Å²) in [6.45, 7) is 3.93. The molecule has 32 heavy (non-hydrogen) atoms. The highest BCUT2D eigenvalue weighted by molar-refractivity contribution is 7.47. The Balaban J connectivity index is 3.48. The molecule has 8 heteroatoms. The first-order chi connectivity index (χ1) is 15.4. The molecule has 2 atom stereocenters. The van der Waals surface area contributed by atoms with Crippen LogP contribution in [0.5, 0.6) is 0 Å². The van der Waals surface area contributed by atoms with Gasteiger partial charge in [0.25, 0.3) is 0 Å². The summed E-state index contributed by atoms with van der Waals surface area (Å²) in [5.74, 6) is 0. The lowest BCUT2D eigenvalue weighted by atomic mass is 10.0. The smallest absolute Gasteiger partial charge is 0.379 e. The van der Waals surface area contributed by atoms with Gasteiger partial charge in [-0.25, -0.2) is 4.57 Å². The maximum absolute atomic E-state index is 11.8. The zero-order valence-electron chi connectivity index (χ0n) is 21.4. The molecule has 0 saturated heterocycles. The van der Waals surface area contributed by atoms with E-state index in [9.17, 15) is 9.46 Å². The molecule has 2 unspecified atom stereocenters. The van der Waals surface area contributed by atoms with Crippen LogP contribution in [0.1, 0.15) is 96.8 Å². The van der Waals surface area contributed by atoms with Crippen molar-refractivity contribution in [3.8, 4) is 0 Å². The van der Waals surface area contributed by atoms with Crippen molar-refractivity contribution in [1.29, 1.82) is 0 Å². The number of rotatable bonds is 25. The predicted octanol–water partition coefficient (Wildman–Crippen LogP) is 6.19. The predicted molar refractivity (Wildman–Crippen MR) is 132 cm³/mol. The average Bonchev–Trinajstić information content (AvgIpc) is 2.75. The van der Waals surface area contributed by atoms with Crippen molar-refractivity contribution < 1.29 is 28.0 Å². The summed E-state index contributed by atoms with van der Waals surface area (Å²) >= 11 is 0. The maximum Gasteiger partial charge on any atom is 0.472 e. The van der Waals surface area contributed by atoms with Crippen LogP contribution in [0, 0.1) is 0 Å². The number of methoxy groups -OCH3 is 1. The first kappa shape index (κ1) is 32.0. The summed E-state index contributed by atoms with van der Waals surface area (Å²) in [7, 11) is 1.21. The fraction of sp³-hybridized carbons (Fsp3) is 1.00. The average molecular weight is 482 g/mol. The van der Waals surface area contributed by atoms with Crippen LogP contribution in [0.4, 0.5) is 0 Å². The first-order valence-corrected chi connectivity index (χ1v) is 14.3. The number of ether oxygens (including phenoxy) is 2. The first-order valence-electron chi connectivity index (χ1n) is 12.8. The lowest BCUT2D eigenvalue weighted by molar-refractivity contribution is -0.0222. The van der Waals surface area contributed by atoms with Crippen LogP contribution in [-0.2, 0) is 23.1 Å². The molecule has 0 spiro atoms. The third-order valence-electron chi connectivity index (χ3n) is 5.50. The Morgan fingerprint density at radius 2 is 1.25 bits per heavy atom. The van der Waals surface area contributed by atoms with Crippen molar-refractivity contribution in [2.45, 2.75) is 103 Å². The Kier molecular flexibility index (Phi) is 22.8.